The molecule has 8 nitrogen and oxygen atoms in total. The van der Waals surface area contributed by atoms with Crippen LogP contribution in [0.2, 0.25) is 0 Å². The molecule has 10 heteroatoms. The number of halogens is 1. The molecule has 0 saturated carbocycles. The molecule has 3 rings (SSSR count). The van der Waals surface area contributed by atoms with Crippen LogP contribution in [-0.2, 0) is 4.79 Å². The van der Waals surface area contributed by atoms with E-state index in [-0.39, 0.29) is 27.9 Å². The summed E-state index contributed by atoms with van der Waals surface area (Å²) in [6.07, 6.45) is 0. The number of anilines is 2. The Hall–Kier alpha value is -3.66. The van der Waals surface area contributed by atoms with Gasteiger partial charge in [-0.25, -0.2) is 9.37 Å². The maximum Gasteiger partial charge on any atom is 0.269 e. The van der Waals surface area contributed by atoms with Crippen LogP contribution in [0.25, 0.3) is 11.3 Å². The summed E-state index contributed by atoms with van der Waals surface area (Å²) in [6, 6.07) is 9.35. The summed E-state index contributed by atoms with van der Waals surface area (Å²) in [5.41, 5.74) is 0.993. The van der Waals surface area contributed by atoms with Crippen LogP contribution in [0.3, 0.4) is 0 Å². The van der Waals surface area contributed by atoms with E-state index in [1.165, 1.54) is 43.3 Å². The lowest BCUT2D eigenvalue weighted by Crippen LogP contribution is -2.11. The number of hydrogen-bond acceptors (Lipinski definition) is 6. The molecule has 0 aliphatic heterocycles. The van der Waals surface area contributed by atoms with E-state index in [4.69, 9.17) is 0 Å². The van der Waals surface area contributed by atoms with E-state index in [1.54, 1.807) is 11.4 Å². The molecule has 0 aliphatic carbocycles. The highest BCUT2D eigenvalue weighted by atomic mass is 32.1. The zero-order valence-corrected chi connectivity index (χ0v) is 15.2. The second-order valence-electron chi connectivity index (χ2n) is 5.67. The number of nitrogens with one attached hydrogen (secondary N) is 2. The number of amides is 2. The van der Waals surface area contributed by atoms with Crippen molar-refractivity contribution in [2.75, 3.05) is 10.6 Å². The molecule has 3 aromatic rings. The second kappa shape index (κ2) is 7.92. The fraction of sp³-hybridized carbons (Fsp3) is 0.0556. The first kappa shape index (κ1) is 19.1. The van der Waals surface area contributed by atoms with Gasteiger partial charge in [0.1, 0.15) is 5.82 Å². The number of thiazole rings is 1. The number of nitro benzene ring substituents is 1. The van der Waals surface area contributed by atoms with Crippen LogP contribution in [0.15, 0.2) is 47.8 Å². The van der Waals surface area contributed by atoms with Crippen molar-refractivity contribution in [1.82, 2.24) is 4.98 Å². The number of non-ortho nitro benzene ring substituents is 1. The first-order valence-corrected chi connectivity index (χ1v) is 8.80. The van der Waals surface area contributed by atoms with E-state index >= 15 is 0 Å². The minimum Gasteiger partial charge on any atom is -0.326 e. The van der Waals surface area contributed by atoms with Crippen molar-refractivity contribution in [3.8, 4) is 11.3 Å². The molecule has 142 valence electrons. The van der Waals surface area contributed by atoms with Crippen LogP contribution in [0, 0.1) is 15.9 Å². The SMILES string of the molecule is CC(=O)Nc1ccc(-c2csc(NC(=O)c3ccc([N+](=O)[O-])cc3)n2)c(F)c1. The predicted octanol–water partition coefficient (Wildman–Crippen LogP) is 4.07. The van der Waals surface area contributed by atoms with Crippen molar-refractivity contribution in [3.05, 3.63) is 69.3 Å². The minimum atomic E-state index is -0.565. The van der Waals surface area contributed by atoms with Gasteiger partial charge in [-0.3, -0.25) is 25.0 Å². The highest BCUT2D eigenvalue weighted by Crippen LogP contribution is 2.29. The summed E-state index contributed by atoms with van der Waals surface area (Å²) in [5, 5.41) is 17.6. The van der Waals surface area contributed by atoms with E-state index in [0.717, 1.165) is 11.3 Å². The Bertz CT molecular complexity index is 1070. The van der Waals surface area contributed by atoms with Gasteiger partial charge in [-0.15, -0.1) is 11.3 Å². The molecule has 28 heavy (non-hydrogen) atoms. The number of carbonyl (C=O) groups excluding carboxylic acids is 2. The standard InChI is InChI=1S/C18H13FN4O4S/c1-10(24)20-12-4-7-14(15(19)8-12)16-9-28-18(21-16)22-17(25)11-2-5-13(6-3-11)23(26)27/h2-9H,1H3,(H,20,24)(H,21,22,25). The summed E-state index contributed by atoms with van der Waals surface area (Å²) in [5.74, 6) is -1.36. The minimum absolute atomic E-state index is 0.119. The fourth-order valence-electron chi connectivity index (χ4n) is 2.36. The summed E-state index contributed by atoms with van der Waals surface area (Å²) in [7, 11) is 0. The van der Waals surface area contributed by atoms with Gasteiger partial charge >= 0.3 is 0 Å². The summed E-state index contributed by atoms with van der Waals surface area (Å²) in [6.45, 7) is 1.33. The lowest BCUT2D eigenvalue weighted by molar-refractivity contribution is -0.384. The van der Waals surface area contributed by atoms with Crippen molar-refractivity contribution in [3.63, 3.8) is 0 Å². The van der Waals surface area contributed by atoms with E-state index in [1.807, 2.05) is 0 Å². The second-order valence-corrected chi connectivity index (χ2v) is 6.53. The maximum absolute atomic E-state index is 14.3. The molecular weight excluding hydrogens is 387 g/mol. The Morgan fingerprint density at radius 1 is 1.14 bits per heavy atom. The normalized spacial score (nSPS) is 10.4. The van der Waals surface area contributed by atoms with Gasteiger partial charge in [-0.2, -0.15) is 0 Å². The van der Waals surface area contributed by atoms with Crippen LogP contribution in [0.4, 0.5) is 20.9 Å². The van der Waals surface area contributed by atoms with E-state index in [2.05, 4.69) is 15.6 Å². The lowest BCUT2D eigenvalue weighted by atomic mass is 10.1. The van der Waals surface area contributed by atoms with Gasteiger partial charge < -0.3 is 5.32 Å². The third-order valence-electron chi connectivity index (χ3n) is 3.63. The molecule has 2 amide bonds. The number of nitrogens with zero attached hydrogens (tertiary/aromatic N) is 2. The van der Waals surface area contributed by atoms with Crippen molar-refractivity contribution in [2.45, 2.75) is 6.92 Å². The first-order valence-electron chi connectivity index (χ1n) is 7.92. The molecule has 2 N–H and O–H groups in total. The van der Waals surface area contributed by atoms with Crippen molar-refractivity contribution in [1.29, 1.82) is 0 Å². The molecular formula is C18H13FN4O4S. The fourth-order valence-corrected chi connectivity index (χ4v) is 3.07. The monoisotopic (exact) mass is 400 g/mol. The van der Waals surface area contributed by atoms with Gasteiger partial charge in [0.25, 0.3) is 11.6 Å². The molecule has 0 spiro atoms. The van der Waals surface area contributed by atoms with Crippen molar-refractivity contribution >= 4 is 39.7 Å². The van der Waals surface area contributed by atoms with E-state index < -0.39 is 16.6 Å². The maximum atomic E-state index is 14.3. The largest absolute Gasteiger partial charge is 0.326 e. The van der Waals surface area contributed by atoms with Gasteiger partial charge in [0.05, 0.1) is 10.6 Å². The Labute approximate surface area is 162 Å². The third kappa shape index (κ3) is 4.35. The quantitative estimate of drug-likeness (QED) is 0.495. The molecule has 2 aromatic carbocycles. The van der Waals surface area contributed by atoms with Crippen LogP contribution < -0.4 is 10.6 Å². The zero-order valence-electron chi connectivity index (χ0n) is 14.4. The average Bonchev–Trinajstić information content (AvgIpc) is 3.09. The molecule has 0 saturated heterocycles. The number of nitro groups is 1. The molecule has 1 aromatic heterocycles. The van der Waals surface area contributed by atoms with Crippen LogP contribution >= 0.6 is 11.3 Å². The van der Waals surface area contributed by atoms with Crippen LogP contribution in [0.5, 0.6) is 0 Å². The smallest absolute Gasteiger partial charge is 0.269 e. The predicted molar refractivity (Wildman–Crippen MR) is 103 cm³/mol. The van der Waals surface area contributed by atoms with Gasteiger partial charge in [0.15, 0.2) is 5.13 Å². The van der Waals surface area contributed by atoms with E-state index in [0.29, 0.717) is 11.4 Å². The van der Waals surface area contributed by atoms with Gasteiger partial charge in [0.2, 0.25) is 5.91 Å². The number of hydrogen-bond donors (Lipinski definition) is 2. The van der Waals surface area contributed by atoms with Gasteiger partial charge in [-0.05, 0) is 30.3 Å². The Morgan fingerprint density at radius 3 is 2.46 bits per heavy atom. The van der Waals surface area contributed by atoms with Crippen molar-refractivity contribution < 1.29 is 18.9 Å². The molecule has 0 fully saturated rings. The number of benzene rings is 2. The summed E-state index contributed by atoms with van der Waals surface area (Å²) >= 11 is 1.11. The number of aromatic nitrogens is 1. The summed E-state index contributed by atoms with van der Waals surface area (Å²) in [4.78, 5) is 37.6. The Balaban J connectivity index is 1.74. The zero-order chi connectivity index (χ0) is 20.3. The first-order chi connectivity index (χ1) is 13.3. The van der Waals surface area contributed by atoms with Crippen molar-refractivity contribution in [2.24, 2.45) is 0 Å². The molecule has 0 radical (unpaired) electrons. The average molecular weight is 400 g/mol. The van der Waals surface area contributed by atoms with Gasteiger partial charge in [-0.1, -0.05) is 0 Å². The lowest BCUT2D eigenvalue weighted by Gasteiger charge is -2.05. The van der Waals surface area contributed by atoms with E-state index in [9.17, 15) is 24.1 Å². The third-order valence-corrected chi connectivity index (χ3v) is 4.39. The van der Waals surface area contributed by atoms with Gasteiger partial charge in [0, 0.05) is 41.3 Å². The summed E-state index contributed by atoms with van der Waals surface area (Å²) < 4.78 is 14.3. The number of rotatable bonds is 5. The van der Waals surface area contributed by atoms with Crippen LogP contribution in [0.1, 0.15) is 17.3 Å². The van der Waals surface area contributed by atoms with Crippen LogP contribution in [-0.4, -0.2) is 21.7 Å². The topological polar surface area (TPSA) is 114 Å². The highest BCUT2D eigenvalue weighted by molar-refractivity contribution is 7.14. The highest BCUT2D eigenvalue weighted by Gasteiger charge is 2.14. The molecule has 0 unspecified atom stereocenters. The number of carbonyl (C=O) groups is 2. The Morgan fingerprint density at radius 2 is 1.86 bits per heavy atom. The molecule has 0 aliphatic rings. The molecule has 0 atom stereocenters. The molecule has 0 bridgehead atoms. The molecule has 1 heterocycles. The Kier molecular flexibility index (Phi) is 5.41.